The second-order valence-electron chi connectivity index (χ2n) is 13.9. The van der Waals surface area contributed by atoms with Gasteiger partial charge in [-0.2, -0.15) is 25.3 Å². The lowest BCUT2D eigenvalue weighted by molar-refractivity contribution is 0.481. The molecule has 0 saturated carbocycles. The van der Waals surface area contributed by atoms with Gasteiger partial charge >= 0.3 is 0 Å². The number of aromatic nitrogens is 5. The first-order valence-corrected chi connectivity index (χ1v) is 22.3. The highest BCUT2D eigenvalue weighted by atomic mass is 32.2. The Balaban J connectivity index is 1.57. The van der Waals surface area contributed by atoms with Gasteiger partial charge in [0.2, 0.25) is 0 Å². The summed E-state index contributed by atoms with van der Waals surface area (Å²) in [6, 6.07) is 31.9. The molecule has 17 heteroatoms. The van der Waals surface area contributed by atoms with Crippen LogP contribution in [0.2, 0.25) is 0 Å². The molecule has 1 aliphatic heterocycles. The molecule has 0 spiro atoms. The maximum atomic E-state index is 12.3. The minimum atomic E-state index is -4.59. The van der Waals surface area contributed by atoms with Crippen molar-refractivity contribution in [3.8, 4) is 27.9 Å². The Hall–Kier alpha value is -6.86. The molecule has 60 heavy (non-hydrogen) atoms. The Kier molecular flexibility index (Phi) is 9.31. The molecule has 300 valence electrons. The number of rotatable bonds is 7. The third-order valence-corrected chi connectivity index (χ3v) is 12.6. The fourth-order valence-electron chi connectivity index (χ4n) is 7.42. The van der Waals surface area contributed by atoms with E-state index >= 15 is 0 Å². The molecule has 0 aliphatic carbocycles. The zero-order valence-electron chi connectivity index (χ0n) is 30.8. The number of nitrogens with zero attached hydrogens (tertiary/aromatic N) is 2. The van der Waals surface area contributed by atoms with Crippen molar-refractivity contribution >= 4 is 54.2 Å². The number of nitrogens with one attached hydrogen (secondary N) is 3. The molecule has 6 heterocycles. The summed E-state index contributed by atoms with van der Waals surface area (Å²) in [4.78, 5) is 13.6. The quantitative estimate of drug-likeness (QED) is 0.126. The number of aromatic amines is 3. The topological polar surface area (TPSA) is 228 Å². The van der Waals surface area contributed by atoms with E-state index in [1.807, 2.05) is 59.2 Å². The van der Waals surface area contributed by atoms with Crippen molar-refractivity contribution < 1.29 is 38.9 Å². The van der Waals surface area contributed by atoms with Gasteiger partial charge in [-0.1, -0.05) is 24.3 Å². The highest BCUT2D eigenvalue weighted by molar-refractivity contribution is 7.86. The van der Waals surface area contributed by atoms with Gasteiger partial charge in [-0.25, -0.2) is 0 Å². The molecule has 0 radical (unpaired) electrons. The van der Waals surface area contributed by atoms with E-state index in [1.165, 1.54) is 48.5 Å². The fourth-order valence-corrected chi connectivity index (χ4v) is 8.86. The van der Waals surface area contributed by atoms with Crippen LogP contribution in [-0.2, 0) is 30.4 Å². The average Bonchev–Trinajstić information content (AvgIpc) is 4.03. The van der Waals surface area contributed by atoms with Crippen LogP contribution in [0.3, 0.4) is 0 Å². The molecule has 0 fully saturated rings. The van der Waals surface area contributed by atoms with Crippen molar-refractivity contribution in [2.45, 2.75) is 14.7 Å². The second-order valence-corrected chi connectivity index (χ2v) is 18.2. The lowest BCUT2D eigenvalue weighted by Crippen LogP contribution is -2.29. The highest BCUT2D eigenvalue weighted by Crippen LogP contribution is 2.33. The SMILES string of the molecule is O=S(=O)(O)c1ccc(C2=c3c(-c4ccc(S(=O)(=O)O)cc4)c(-c4ccncc4)c(n3-c3ccc(S(=O)(=O)O)cc3)=Cc3ccc([nH]3)C=c3ccc([nH]3)=Cc3ccc2[nH]3)cc1. The molecule has 0 atom stereocenters. The van der Waals surface area contributed by atoms with E-state index in [4.69, 9.17) is 0 Å². The van der Waals surface area contributed by atoms with E-state index < -0.39 is 30.4 Å². The molecular formula is C43H31N5O9S3. The largest absolute Gasteiger partial charge is 0.355 e. The van der Waals surface area contributed by atoms with E-state index in [-0.39, 0.29) is 14.7 Å². The molecule has 8 aromatic rings. The average molecular weight is 858 g/mol. The molecule has 0 amide bonds. The number of hydrogen-bond donors (Lipinski definition) is 6. The van der Waals surface area contributed by atoms with Crippen LogP contribution in [0.1, 0.15) is 28.3 Å². The second kappa shape index (κ2) is 14.5. The zero-order chi connectivity index (χ0) is 42.0. The van der Waals surface area contributed by atoms with Crippen LogP contribution < -0.4 is 21.4 Å². The molecular weight excluding hydrogens is 827 g/mol. The third kappa shape index (κ3) is 7.36. The van der Waals surface area contributed by atoms with Crippen molar-refractivity contribution in [2.24, 2.45) is 0 Å². The van der Waals surface area contributed by atoms with E-state index in [2.05, 4.69) is 19.9 Å². The first kappa shape index (κ1) is 38.6. The summed E-state index contributed by atoms with van der Waals surface area (Å²) in [7, 11) is -13.8. The van der Waals surface area contributed by atoms with Crippen LogP contribution in [0.15, 0.2) is 148 Å². The van der Waals surface area contributed by atoms with Crippen molar-refractivity contribution in [3.63, 3.8) is 0 Å². The standard InChI is InChI=1S/C43H31N5O9S3/c49-58(50,51)35-12-1-26(2-13-35)40-38-18-9-32(47-38)24-31-6-5-29(45-31)23-30-7-8-33(46-30)25-39-41(28-19-21-44-22-20-28)42(27-3-14-36(15-4-27)59(52,53)54)43(40)48(39)34-10-16-37(17-11-34)60(55,56)57/h1-25,45-47H,(H,49,50,51)(H,52,53,54)(H,55,56,57). The number of H-pyrrole nitrogens is 3. The van der Waals surface area contributed by atoms with Gasteiger partial charge < -0.3 is 19.5 Å². The molecule has 1 aliphatic rings. The van der Waals surface area contributed by atoms with E-state index in [0.717, 1.165) is 16.4 Å². The van der Waals surface area contributed by atoms with Crippen LogP contribution in [0.25, 0.3) is 51.7 Å². The summed E-state index contributed by atoms with van der Waals surface area (Å²) < 4.78 is 105. The van der Waals surface area contributed by atoms with Gasteiger partial charge in [-0.3, -0.25) is 18.6 Å². The Morgan fingerprint density at radius 2 is 0.917 bits per heavy atom. The number of hydrogen-bond acceptors (Lipinski definition) is 7. The van der Waals surface area contributed by atoms with Crippen molar-refractivity contribution in [1.82, 2.24) is 24.5 Å². The Labute approximate surface area is 342 Å². The van der Waals surface area contributed by atoms with E-state index in [9.17, 15) is 38.9 Å². The smallest absolute Gasteiger partial charge is 0.294 e. The van der Waals surface area contributed by atoms with Gasteiger partial charge in [0, 0.05) is 68.3 Å². The first-order valence-electron chi connectivity index (χ1n) is 18.0. The van der Waals surface area contributed by atoms with Gasteiger partial charge in [0.05, 0.1) is 25.4 Å². The normalized spacial score (nSPS) is 13.0. The molecule has 6 N–H and O–H groups in total. The molecule has 0 unspecified atom stereocenters. The maximum Gasteiger partial charge on any atom is 0.294 e. The summed E-state index contributed by atoms with van der Waals surface area (Å²) in [5.41, 5.74) is 6.42. The molecule has 14 nitrogen and oxygen atoms in total. The molecule has 5 aromatic heterocycles. The summed E-state index contributed by atoms with van der Waals surface area (Å²) in [5.74, 6) is 0. The van der Waals surface area contributed by atoms with Gasteiger partial charge in [-0.15, -0.1) is 0 Å². The Morgan fingerprint density at radius 3 is 1.47 bits per heavy atom. The summed E-state index contributed by atoms with van der Waals surface area (Å²) in [5, 5.41) is 2.64. The van der Waals surface area contributed by atoms with Crippen LogP contribution >= 0.6 is 0 Å². The maximum absolute atomic E-state index is 12.3. The monoisotopic (exact) mass is 857 g/mol. The van der Waals surface area contributed by atoms with Gasteiger partial charge in [-0.05, 0) is 132 Å². The number of benzene rings is 3. The van der Waals surface area contributed by atoms with Gasteiger partial charge in [0.15, 0.2) is 0 Å². The fraction of sp³-hybridized carbons (Fsp3) is 0. The minimum absolute atomic E-state index is 0.340. The number of fused-ring (bicyclic) bond motifs is 8. The molecule has 0 saturated heterocycles. The minimum Gasteiger partial charge on any atom is -0.355 e. The predicted octanol–water partition coefficient (Wildman–Crippen LogP) is 3.98. The van der Waals surface area contributed by atoms with Crippen molar-refractivity contribution in [1.29, 1.82) is 0 Å². The van der Waals surface area contributed by atoms with E-state index in [0.29, 0.717) is 66.9 Å². The third-order valence-electron chi connectivity index (χ3n) is 10.0. The summed E-state index contributed by atoms with van der Waals surface area (Å²) in [6.07, 6.45) is 9.01. The Morgan fingerprint density at radius 1 is 0.450 bits per heavy atom. The lowest BCUT2D eigenvalue weighted by Gasteiger charge is -2.14. The zero-order valence-corrected chi connectivity index (χ0v) is 33.3. The number of pyridine rings is 1. The molecule has 3 aromatic carbocycles. The first-order chi connectivity index (χ1) is 28.6. The molecule has 9 rings (SSSR count). The molecule has 8 bridgehead atoms. The lowest BCUT2D eigenvalue weighted by atomic mass is 9.94. The summed E-state index contributed by atoms with van der Waals surface area (Å²) >= 11 is 0. The van der Waals surface area contributed by atoms with Crippen molar-refractivity contribution in [2.75, 3.05) is 0 Å². The van der Waals surface area contributed by atoms with Crippen molar-refractivity contribution in [3.05, 3.63) is 183 Å². The van der Waals surface area contributed by atoms with Crippen LogP contribution in [0, 0.1) is 0 Å². The van der Waals surface area contributed by atoms with E-state index in [1.54, 1.807) is 48.8 Å². The van der Waals surface area contributed by atoms with Crippen LogP contribution in [0.5, 0.6) is 0 Å². The Bertz CT molecular complexity index is 3590. The predicted molar refractivity (Wildman–Crippen MR) is 224 cm³/mol. The summed E-state index contributed by atoms with van der Waals surface area (Å²) in [6.45, 7) is 0. The highest BCUT2D eigenvalue weighted by Gasteiger charge is 2.25. The van der Waals surface area contributed by atoms with Gasteiger partial charge in [0.25, 0.3) is 30.4 Å². The van der Waals surface area contributed by atoms with Gasteiger partial charge in [0.1, 0.15) is 0 Å². The van der Waals surface area contributed by atoms with Crippen LogP contribution in [0.4, 0.5) is 0 Å². The van der Waals surface area contributed by atoms with Crippen LogP contribution in [-0.4, -0.2) is 63.4 Å².